The maximum absolute atomic E-state index is 13.0. The molecule has 0 spiro atoms. The van der Waals surface area contributed by atoms with Crippen molar-refractivity contribution in [2.45, 2.75) is 26.9 Å². The topological polar surface area (TPSA) is 64.4 Å². The van der Waals surface area contributed by atoms with Crippen molar-refractivity contribution < 1.29 is 14.3 Å². The van der Waals surface area contributed by atoms with Gasteiger partial charge in [-0.25, -0.2) is 9.48 Å². The number of hydrogen-bond donors (Lipinski definition) is 0. The molecule has 0 saturated carbocycles. The van der Waals surface area contributed by atoms with Gasteiger partial charge in [0.25, 0.3) is 5.91 Å². The highest BCUT2D eigenvalue weighted by molar-refractivity contribution is 6.33. The van der Waals surface area contributed by atoms with Crippen molar-refractivity contribution in [3.63, 3.8) is 0 Å². The molecule has 0 radical (unpaired) electrons. The Balaban J connectivity index is 1.75. The highest BCUT2D eigenvalue weighted by Crippen LogP contribution is 2.23. The lowest BCUT2D eigenvalue weighted by atomic mass is 10.1. The molecule has 30 heavy (non-hydrogen) atoms. The van der Waals surface area contributed by atoms with Crippen LogP contribution < -0.4 is 0 Å². The average Bonchev–Trinajstić information content (AvgIpc) is 3.02. The minimum absolute atomic E-state index is 0.204. The summed E-state index contributed by atoms with van der Waals surface area (Å²) in [6.07, 6.45) is 0. The van der Waals surface area contributed by atoms with E-state index < -0.39 is 5.97 Å². The van der Waals surface area contributed by atoms with Gasteiger partial charge >= 0.3 is 5.97 Å². The summed E-state index contributed by atoms with van der Waals surface area (Å²) in [6.45, 7) is 4.68. The van der Waals surface area contributed by atoms with E-state index in [1.807, 2.05) is 31.2 Å². The lowest BCUT2D eigenvalue weighted by molar-refractivity contribution is 0.0600. The third-order valence-electron chi connectivity index (χ3n) is 4.87. The van der Waals surface area contributed by atoms with Crippen LogP contribution in [0, 0.1) is 13.8 Å². The fourth-order valence-electron chi connectivity index (χ4n) is 3.17. The lowest BCUT2D eigenvalue weighted by Crippen LogP contribution is -2.26. The van der Waals surface area contributed by atoms with Gasteiger partial charge in [0.15, 0.2) is 0 Å². The standard InChI is InChI=1S/C23H24ClN3O3/c1-15-5-7-18(8-6-15)14-27-21(24)20(16(2)25-27)22(28)26(3)13-17-9-11-19(12-10-17)23(29)30-4/h5-12H,13-14H2,1-4H3. The molecule has 1 amide bonds. The molecule has 0 aliphatic heterocycles. The summed E-state index contributed by atoms with van der Waals surface area (Å²) >= 11 is 6.53. The molecule has 0 bridgehead atoms. The first kappa shape index (κ1) is 21.6. The SMILES string of the molecule is COC(=O)c1ccc(CN(C)C(=O)c2c(C)nn(Cc3ccc(C)cc3)c2Cl)cc1. The molecule has 1 aromatic heterocycles. The number of hydrogen-bond acceptors (Lipinski definition) is 4. The zero-order chi connectivity index (χ0) is 21.8. The summed E-state index contributed by atoms with van der Waals surface area (Å²) in [5, 5.41) is 4.79. The third-order valence-corrected chi connectivity index (χ3v) is 5.26. The van der Waals surface area contributed by atoms with E-state index in [0.29, 0.717) is 35.1 Å². The smallest absolute Gasteiger partial charge is 0.337 e. The van der Waals surface area contributed by atoms with Crippen molar-refractivity contribution in [3.8, 4) is 0 Å². The third kappa shape index (κ3) is 4.71. The van der Waals surface area contributed by atoms with Gasteiger partial charge < -0.3 is 9.64 Å². The summed E-state index contributed by atoms with van der Waals surface area (Å²) in [7, 11) is 3.05. The van der Waals surface area contributed by atoms with Gasteiger partial charge in [-0.3, -0.25) is 4.79 Å². The van der Waals surface area contributed by atoms with Crippen LogP contribution in [0.5, 0.6) is 0 Å². The molecule has 1 heterocycles. The average molecular weight is 426 g/mol. The molecule has 0 aliphatic carbocycles. The second-order valence-electron chi connectivity index (χ2n) is 7.24. The second-order valence-corrected chi connectivity index (χ2v) is 7.60. The van der Waals surface area contributed by atoms with Crippen molar-refractivity contribution in [1.29, 1.82) is 0 Å². The summed E-state index contributed by atoms with van der Waals surface area (Å²) < 4.78 is 6.35. The fourth-order valence-corrected chi connectivity index (χ4v) is 3.48. The molecule has 0 atom stereocenters. The highest BCUT2D eigenvalue weighted by atomic mass is 35.5. The minimum Gasteiger partial charge on any atom is -0.465 e. The van der Waals surface area contributed by atoms with E-state index in [9.17, 15) is 9.59 Å². The van der Waals surface area contributed by atoms with Gasteiger partial charge in [-0.05, 0) is 37.1 Å². The van der Waals surface area contributed by atoms with E-state index in [1.165, 1.54) is 12.7 Å². The van der Waals surface area contributed by atoms with Gasteiger partial charge in [0, 0.05) is 13.6 Å². The van der Waals surface area contributed by atoms with Gasteiger partial charge in [0.2, 0.25) is 0 Å². The zero-order valence-electron chi connectivity index (χ0n) is 17.5. The molecular formula is C23H24ClN3O3. The normalized spacial score (nSPS) is 10.7. The Morgan fingerprint density at radius 3 is 2.23 bits per heavy atom. The Kier molecular flexibility index (Phi) is 6.57. The Morgan fingerprint density at radius 1 is 1.03 bits per heavy atom. The molecule has 2 aromatic carbocycles. The minimum atomic E-state index is -0.394. The second kappa shape index (κ2) is 9.13. The van der Waals surface area contributed by atoms with Gasteiger partial charge in [-0.2, -0.15) is 5.10 Å². The lowest BCUT2D eigenvalue weighted by Gasteiger charge is -2.17. The number of carbonyl (C=O) groups is 2. The predicted molar refractivity (Wildman–Crippen MR) is 116 cm³/mol. The van der Waals surface area contributed by atoms with Crippen LogP contribution in [0.1, 0.15) is 43.1 Å². The van der Waals surface area contributed by atoms with E-state index in [2.05, 4.69) is 5.10 Å². The number of benzene rings is 2. The molecule has 0 fully saturated rings. The number of methoxy groups -OCH3 is 1. The van der Waals surface area contributed by atoms with Crippen LogP contribution in [0.4, 0.5) is 0 Å². The first-order valence-electron chi connectivity index (χ1n) is 9.51. The number of esters is 1. The molecule has 3 rings (SSSR count). The molecule has 0 saturated heterocycles. The van der Waals surface area contributed by atoms with E-state index in [4.69, 9.17) is 16.3 Å². The summed E-state index contributed by atoms with van der Waals surface area (Å²) in [5.41, 5.74) is 4.58. The van der Waals surface area contributed by atoms with Crippen LogP contribution in [0.25, 0.3) is 0 Å². The largest absolute Gasteiger partial charge is 0.465 e. The van der Waals surface area contributed by atoms with Gasteiger partial charge in [0.05, 0.1) is 30.5 Å². The molecule has 7 heteroatoms. The van der Waals surface area contributed by atoms with E-state index in [0.717, 1.165) is 11.1 Å². The quantitative estimate of drug-likeness (QED) is 0.553. The van der Waals surface area contributed by atoms with Gasteiger partial charge in [0.1, 0.15) is 5.15 Å². The highest BCUT2D eigenvalue weighted by Gasteiger charge is 2.23. The molecular weight excluding hydrogens is 402 g/mol. The monoisotopic (exact) mass is 425 g/mol. The van der Waals surface area contributed by atoms with E-state index in [-0.39, 0.29) is 5.91 Å². The van der Waals surface area contributed by atoms with Crippen molar-refractivity contribution in [1.82, 2.24) is 14.7 Å². The van der Waals surface area contributed by atoms with Crippen LogP contribution in [0.3, 0.4) is 0 Å². The Labute approximate surface area is 181 Å². The maximum atomic E-state index is 13.0. The van der Waals surface area contributed by atoms with Gasteiger partial charge in [-0.15, -0.1) is 0 Å². The number of halogens is 1. The number of ether oxygens (including phenoxy) is 1. The van der Waals surface area contributed by atoms with Crippen molar-refractivity contribution in [3.05, 3.63) is 87.2 Å². The molecule has 156 valence electrons. The molecule has 0 aliphatic rings. The Hall–Kier alpha value is -3.12. The van der Waals surface area contributed by atoms with Gasteiger partial charge in [-0.1, -0.05) is 53.6 Å². The fraction of sp³-hybridized carbons (Fsp3) is 0.261. The molecule has 3 aromatic rings. The summed E-state index contributed by atoms with van der Waals surface area (Å²) in [4.78, 5) is 26.2. The molecule has 0 unspecified atom stereocenters. The summed E-state index contributed by atoms with van der Waals surface area (Å²) in [6, 6.07) is 15.1. The van der Waals surface area contributed by atoms with Crippen LogP contribution in [0.15, 0.2) is 48.5 Å². The van der Waals surface area contributed by atoms with E-state index >= 15 is 0 Å². The van der Waals surface area contributed by atoms with Crippen LogP contribution >= 0.6 is 11.6 Å². The molecule has 0 N–H and O–H groups in total. The van der Waals surface area contributed by atoms with Crippen molar-refractivity contribution in [2.24, 2.45) is 0 Å². The number of carbonyl (C=O) groups excluding carboxylic acids is 2. The number of nitrogens with zero attached hydrogens (tertiary/aromatic N) is 3. The van der Waals surface area contributed by atoms with E-state index in [1.54, 1.807) is 47.8 Å². The Morgan fingerprint density at radius 2 is 1.63 bits per heavy atom. The van der Waals surface area contributed by atoms with Crippen LogP contribution in [-0.2, 0) is 17.8 Å². The Bertz CT molecular complexity index is 1060. The van der Waals surface area contributed by atoms with Crippen LogP contribution in [0.2, 0.25) is 5.15 Å². The number of rotatable bonds is 6. The summed E-state index contributed by atoms with van der Waals surface area (Å²) in [5.74, 6) is -0.598. The number of aryl methyl sites for hydroxylation is 2. The van der Waals surface area contributed by atoms with Crippen molar-refractivity contribution >= 4 is 23.5 Å². The van der Waals surface area contributed by atoms with Crippen LogP contribution in [-0.4, -0.2) is 40.7 Å². The van der Waals surface area contributed by atoms with Crippen molar-refractivity contribution in [2.75, 3.05) is 14.2 Å². The first-order chi connectivity index (χ1) is 14.3. The predicted octanol–water partition coefficient (Wildman–Crippen LogP) is 4.26. The number of amides is 1. The zero-order valence-corrected chi connectivity index (χ0v) is 18.2. The molecule has 6 nitrogen and oxygen atoms in total. The maximum Gasteiger partial charge on any atom is 0.337 e. The first-order valence-corrected chi connectivity index (χ1v) is 9.89. The number of aromatic nitrogens is 2.